The third kappa shape index (κ3) is 2.68. The van der Waals surface area contributed by atoms with E-state index < -0.39 is 0 Å². The number of aromatic hydroxyl groups is 2. The largest absolute Gasteiger partial charge is 0.507 e. The number of fused-ring (bicyclic) bond motifs is 1. The van der Waals surface area contributed by atoms with Crippen molar-refractivity contribution >= 4 is 28.7 Å². The molecule has 0 aliphatic carbocycles. The quantitative estimate of drug-likeness (QED) is 0.466. The summed E-state index contributed by atoms with van der Waals surface area (Å²) in [6, 6.07) is 14.1. The molecule has 0 atom stereocenters. The molecule has 2 N–H and O–H groups in total. The Kier molecular flexibility index (Phi) is 4.02. The zero-order chi connectivity index (χ0) is 18.4. The van der Waals surface area contributed by atoms with Crippen LogP contribution in [0.1, 0.15) is 5.56 Å². The first kappa shape index (κ1) is 16.8. The number of nitrogens with zero attached hydrogens (tertiary/aromatic N) is 2. The third-order valence-corrected chi connectivity index (χ3v) is 4.73. The molecule has 0 amide bonds. The average Bonchev–Trinajstić information content (AvgIpc) is 2.99. The maximum Gasteiger partial charge on any atom is 0.149 e. The normalized spacial score (nSPS) is 11.2. The van der Waals surface area contributed by atoms with Crippen LogP contribution >= 0.6 is 23.2 Å². The van der Waals surface area contributed by atoms with Crippen LogP contribution in [0.5, 0.6) is 11.5 Å². The lowest BCUT2D eigenvalue weighted by molar-refractivity contribution is 0.477. The van der Waals surface area contributed by atoms with Gasteiger partial charge >= 0.3 is 0 Å². The molecule has 0 radical (unpaired) electrons. The van der Waals surface area contributed by atoms with Gasteiger partial charge in [-0.05, 0) is 43.3 Å². The molecule has 0 bridgehead atoms. The second-order valence-corrected chi connectivity index (χ2v) is 6.89. The summed E-state index contributed by atoms with van der Waals surface area (Å²) in [7, 11) is 0. The van der Waals surface area contributed by atoms with Gasteiger partial charge in [0, 0.05) is 16.8 Å². The first-order chi connectivity index (χ1) is 12.5. The van der Waals surface area contributed by atoms with Crippen LogP contribution in [0.25, 0.3) is 28.2 Å². The zero-order valence-electron chi connectivity index (χ0n) is 13.7. The lowest BCUT2D eigenvalue weighted by atomic mass is 10.1. The van der Waals surface area contributed by atoms with Gasteiger partial charge in [-0.1, -0.05) is 40.9 Å². The van der Waals surface area contributed by atoms with E-state index >= 15 is 0 Å². The van der Waals surface area contributed by atoms with Gasteiger partial charge in [-0.3, -0.25) is 4.40 Å². The van der Waals surface area contributed by atoms with Gasteiger partial charge in [0.25, 0.3) is 0 Å². The molecule has 2 aromatic heterocycles. The summed E-state index contributed by atoms with van der Waals surface area (Å²) in [5.41, 5.74) is 3.44. The molecule has 0 spiro atoms. The van der Waals surface area contributed by atoms with Crippen molar-refractivity contribution in [2.75, 3.05) is 0 Å². The highest BCUT2D eigenvalue weighted by Gasteiger charge is 2.20. The number of aromatic nitrogens is 2. The molecule has 0 fully saturated rings. The fourth-order valence-corrected chi connectivity index (χ4v) is 3.50. The third-order valence-electron chi connectivity index (χ3n) is 4.22. The summed E-state index contributed by atoms with van der Waals surface area (Å²) in [5, 5.41) is 21.3. The van der Waals surface area contributed by atoms with Gasteiger partial charge in [0.1, 0.15) is 23.0 Å². The van der Waals surface area contributed by atoms with Crippen LogP contribution in [0.2, 0.25) is 10.0 Å². The molecule has 2 heterocycles. The van der Waals surface area contributed by atoms with Crippen molar-refractivity contribution in [3.63, 3.8) is 0 Å². The highest BCUT2D eigenvalue weighted by atomic mass is 35.5. The predicted octanol–water partition coefficient (Wildman–Crippen LogP) is 5.69. The van der Waals surface area contributed by atoms with Crippen LogP contribution in [-0.2, 0) is 0 Å². The van der Waals surface area contributed by atoms with Crippen molar-refractivity contribution in [2.24, 2.45) is 0 Å². The summed E-state index contributed by atoms with van der Waals surface area (Å²) in [4.78, 5) is 4.70. The highest BCUT2D eigenvalue weighted by molar-refractivity contribution is 6.36. The SMILES string of the molecule is Cc1ccc(O)c(-c2nc(-c3cc(Cl)cc(Cl)c3O)n3ccccc23)c1. The number of phenolic OH excluding ortho intramolecular Hbond substituents is 2. The summed E-state index contributed by atoms with van der Waals surface area (Å²) in [6.45, 7) is 1.95. The highest BCUT2D eigenvalue weighted by Crippen LogP contribution is 2.40. The maximum absolute atomic E-state index is 10.4. The summed E-state index contributed by atoms with van der Waals surface area (Å²) in [6.07, 6.45) is 1.84. The van der Waals surface area contributed by atoms with E-state index in [1.165, 1.54) is 6.07 Å². The first-order valence-electron chi connectivity index (χ1n) is 7.91. The van der Waals surface area contributed by atoms with Gasteiger partial charge in [-0.2, -0.15) is 0 Å². The number of hydrogen-bond donors (Lipinski definition) is 2. The lowest BCUT2D eigenvalue weighted by Crippen LogP contribution is -1.89. The fourth-order valence-electron chi connectivity index (χ4n) is 3.00. The fraction of sp³-hybridized carbons (Fsp3) is 0.0500. The molecule has 0 aliphatic heterocycles. The van der Waals surface area contributed by atoms with Crippen LogP contribution < -0.4 is 0 Å². The molecule has 4 nitrogen and oxygen atoms in total. The van der Waals surface area contributed by atoms with Crippen molar-refractivity contribution in [2.45, 2.75) is 6.92 Å². The van der Waals surface area contributed by atoms with Crippen molar-refractivity contribution in [1.82, 2.24) is 9.38 Å². The second-order valence-electron chi connectivity index (χ2n) is 6.04. The first-order valence-corrected chi connectivity index (χ1v) is 8.67. The number of phenols is 2. The molecule has 0 unspecified atom stereocenters. The Morgan fingerprint density at radius 1 is 0.962 bits per heavy atom. The minimum absolute atomic E-state index is 0.0909. The molecule has 26 heavy (non-hydrogen) atoms. The summed E-state index contributed by atoms with van der Waals surface area (Å²) < 4.78 is 1.83. The van der Waals surface area contributed by atoms with Crippen LogP contribution in [0.4, 0.5) is 0 Å². The van der Waals surface area contributed by atoms with Crippen molar-refractivity contribution < 1.29 is 10.2 Å². The second kappa shape index (κ2) is 6.24. The van der Waals surface area contributed by atoms with Gasteiger partial charge in [-0.25, -0.2) is 4.98 Å². The van der Waals surface area contributed by atoms with Crippen LogP contribution in [-0.4, -0.2) is 19.6 Å². The van der Waals surface area contributed by atoms with Gasteiger partial charge in [0.05, 0.1) is 16.1 Å². The number of rotatable bonds is 2. The standard InChI is InChI=1S/C20H14Cl2N2O2/c1-11-5-6-17(25)13(8-11)18-16-4-2-3-7-24(16)20(23-18)14-9-12(21)10-15(22)19(14)26/h2-10,25-26H,1H3. The van der Waals surface area contributed by atoms with E-state index in [9.17, 15) is 10.2 Å². The van der Waals surface area contributed by atoms with Crippen LogP contribution in [0, 0.1) is 6.92 Å². The maximum atomic E-state index is 10.4. The van der Waals surface area contributed by atoms with E-state index in [0.717, 1.165) is 11.1 Å². The number of imidazole rings is 1. The minimum Gasteiger partial charge on any atom is -0.507 e. The Morgan fingerprint density at radius 2 is 1.77 bits per heavy atom. The Morgan fingerprint density at radius 3 is 2.58 bits per heavy atom. The summed E-state index contributed by atoms with van der Waals surface area (Å²) >= 11 is 12.2. The minimum atomic E-state index is -0.0909. The molecule has 4 aromatic rings. The van der Waals surface area contributed by atoms with Crippen molar-refractivity contribution in [1.29, 1.82) is 0 Å². The number of pyridine rings is 1. The smallest absolute Gasteiger partial charge is 0.149 e. The average molecular weight is 385 g/mol. The Bertz CT molecular complexity index is 1150. The van der Waals surface area contributed by atoms with E-state index in [1.807, 2.05) is 47.9 Å². The van der Waals surface area contributed by atoms with Crippen LogP contribution in [0.15, 0.2) is 54.7 Å². The van der Waals surface area contributed by atoms with Crippen LogP contribution in [0.3, 0.4) is 0 Å². The van der Waals surface area contributed by atoms with Gasteiger partial charge < -0.3 is 10.2 Å². The molecule has 0 aliphatic rings. The summed E-state index contributed by atoms with van der Waals surface area (Å²) in [5.74, 6) is 0.532. The number of aryl methyl sites for hydroxylation is 1. The molecule has 0 saturated heterocycles. The molecular weight excluding hydrogens is 371 g/mol. The van der Waals surface area contributed by atoms with E-state index in [2.05, 4.69) is 0 Å². The van der Waals surface area contributed by atoms with E-state index in [-0.39, 0.29) is 16.5 Å². The number of benzene rings is 2. The van der Waals surface area contributed by atoms with Crippen molar-refractivity contribution in [3.05, 3.63) is 70.3 Å². The zero-order valence-corrected chi connectivity index (χ0v) is 15.3. The lowest BCUT2D eigenvalue weighted by Gasteiger charge is -2.06. The van der Waals surface area contributed by atoms with E-state index in [4.69, 9.17) is 28.2 Å². The topological polar surface area (TPSA) is 57.8 Å². The van der Waals surface area contributed by atoms with Gasteiger partial charge in [-0.15, -0.1) is 0 Å². The Hall–Kier alpha value is -2.69. The molecule has 4 rings (SSSR count). The van der Waals surface area contributed by atoms with E-state index in [1.54, 1.807) is 12.1 Å². The number of halogens is 2. The predicted molar refractivity (Wildman–Crippen MR) is 104 cm³/mol. The molecule has 130 valence electrons. The molecule has 2 aromatic carbocycles. The van der Waals surface area contributed by atoms with Gasteiger partial charge in [0.2, 0.25) is 0 Å². The van der Waals surface area contributed by atoms with E-state index in [0.29, 0.717) is 27.7 Å². The molecule has 0 saturated carbocycles. The van der Waals surface area contributed by atoms with Crippen molar-refractivity contribution in [3.8, 4) is 34.1 Å². The molecule has 6 heteroatoms. The monoisotopic (exact) mass is 384 g/mol. The van der Waals surface area contributed by atoms with Gasteiger partial charge in [0.15, 0.2) is 0 Å². The Labute approximate surface area is 159 Å². The Balaban J connectivity index is 2.07. The molecular formula is C20H14Cl2N2O2. The number of hydrogen-bond acceptors (Lipinski definition) is 3.